The lowest BCUT2D eigenvalue weighted by atomic mass is 10.0. The van der Waals surface area contributed by atoms with Gasteiger partial charge in [-0.05, 0) is 44.4 Å². The molecule has 3 aromatic rings. The van der Waals surface area contributed by atoms with Crippen LogP contribution in [-0.4, -0.2) is 5.11 Å². The number of thiophene rings is 1. The third-order valence-corrected chi connectivity index (χ3v) is 5.64. The Balaban J connectivity index is 1.92. The van der Waals surface area contributed by atoms with Crippen molar-refractivity contribution < 1.29 is 5.11 Å². The second-order valence-corrected chi connectivity index (χ2v) is 6.76. The molecule has 3 rings (SSSR count). The molecule has 0 amide bonds. The molecule has 0 aliphatic carbocycles. The SMILES string of the molecule is OC(Cc1csc2ccccc12)c1cccc(Br)c1Cl. The van der Waals surface area contributed by atoms with Gasteiger partial charge in [-0.15, -0.1) is 11.3 Å². The molecular weight excluding hydrogens is 356 g/mol. The summed E-state index contributed by atoms with van der Waals surface area (Å²) in [4.78, 5) is 0. The average Bonchev–Trinajstić information content (AvgIpc) is 2.85. The van der Waals surface area contributed by atoms with E-state index in [2.05, 4.69) is 33.4 Å². The lowest BCUT2D eigenvalue weighted by Crippen LogP contribution is -2.02. The van der Waals surface area contributed by atoms with Crippen molar-refractivity contribution in [2.45, 2.75) is 12.5 Å². The summed E-state index contributed by atoms with van der Waals surface area (Å²) in [7, 11) is 0. The summed E-state index contributed by atoms with van der Waals surface area (Å²) in [6.45, 7) is 0. The molecule has 1 unspecified atom stereocenters. The van der Waals surface area contributed by atoms with E-state index in [1.807, 2.05) is 30.3 Å². The standard InChI is InChI=1S/C16H12BrClOS/c17-13-6-3-5-12(16(13)18)14(19)8-10-9-20-15-7-2-1-4-11(10)15/h1-7,9,14,19H,8H2. The van der Waals surface area contributed by atoms with Gasteiger partial charge in [-0.2, -0.15) is 0 Å². The Labute approximate surface area is 135 Å². The van der Waals surface area contributed by atoms with E-state index in [4.69, 9.17) is 11.6 Å². The zero-order chi connectivity index (χ0) is 14.1. The van der Waals surface area contributed by atoms with Gasteiger partial charge in [0.1, 0.15) is 0 Å². The lowest BCUT2D eigenvalue weighted by Gasteiger charge is -2.13. The van der Waals surface area contributed by atoms with Crippen LogP contribution in [0.15, 0.2) is 52.3 Å². The molecule has 4 heteroatoms. The molecule has 102 valence electrons. The minimum atomic E-state index is -0.599. The molecule has 1 atom stereocenters. The van der Waals surface area contributed by atoms with Crippen LogP contribution < -0.4 is 0 Å². The summed E-state index contributed by atoms with van der Waals surface area (Å²) in [5.74, 6) is 0. The number of hydrogen-bond acceptors (Lipinski definition) is 2. The first-order valence-corrected chi connectivity index (χ1v) is 8.29. The number of hydrogen-bond donors (Lipinski definition) is 1. The zero-order valence-electron chi connectivity index (χ0n) is 10.5. The van der Waals surface area contributed by atoms with Crippen LogP contribution in [0, 0.1) is 0 Å². The van der Waals surface area contributed by atoms with Crippen LogP contribution in [0.5, 0.6) is 0 Å². The highest BCUT2D eigenvalue weighted by Crippen LogP contribution is 2.34. The first kappa shape index (κ1) is 14.1. The van der Waals surface area contributed by atoms with Gasteiger partial charge < -0.3 is 5.11 Å². The third-order valence-electron chi connectivity index (χ3n) is 3.31. The summed E-state index contributed by atoms with van der Waals surface area (Å²) in [6.07, 6.45) is -0.0294. The Hall–Kier alpha value is -0.870. The Morgan fingerprint density at radius 1 is 1.15 bits per heavy atom. The smallest absolute Gasteiger partial charge is 0.0845 e. The maximum atomic E-state index is 10.5. The highest BCUT2D eigenvalue weighted by atomic mass is 79.9. The van der Waals surface area contributed by atoms with E-state index in [0.717, 1.165) is 15.6 Å². The van der Waals surface area contributed by atoms with Crippen LogP contribution >= 0.6 is 38.9 Å². The van der Waals surface area contributed by atoms with Crippen molar-refractivity contribution in [2.24, 2.45) is 0 Å². The van der Waals surface area contributed by atoms with Crippen LogP contribution in [-0.2, 0) is 6.42 Å². The number of fused-ring (bicyclic) bond motifs is 1. The van der Waals surface area contributed by atoms with Gasteiger partial charge in [0.15, 0.2) is 0 Å². The summed E-state index contributed by atoms with van der Waals surface area (Å²) in [6, 6.07) is 13.9. The number of aliphatic hydroxyl groups is 1. The van der Waals surface area contributed by atoms with E-state index in [1.165, 1.54) is 10.1 Å². The Morgan fingerprint density at radius 3 is 2.80 bits per heavy atom. The molecule has 0 aliphatic rings. The van der Waals surface area contributed by atoms with E-state index >= 15 is 0 Å². The molecule has 0 saturated heterocycles. The quantitative estimate of drug-likeness (QED) is 0.639. The highest BCUT2D eigenvalue weighted by Gasteiger charge is 2.15. The van der Waals surface area contributed by atoms with Gasteiger partial charge in [0.05, 0.1) is 11.1 Å². The van der Waals surface area contributed by atoms with Crippen LogP contribution in [0.2, 0.25) is 5.02 Å². The van der Waals surface area contributed by atoms with Crippen molar-refractivity contribution >= 4 is 49.0 Å². The third kappa shape index (κ3) is 2.63. The summed E-state index contributed by atoms with van der Waals surface area (Å²) in [5, 5.41) is 14.4. The maximum Gasteiger partial charge on any atom is 0.0845 e. The van der Waals surface area contributed by atoms with Crippen molar-refractivity contribution in [1.29, 1.82) is 0 Å². The van der Waals surface area contributed by atoms with Crippen LogP contribution in [0.1, 0.15) is 17.2 Å². The minimum absolute atomic E-state index is 0.570. The van der Waals surface area contributed by atoms with E-state index < -0.39 is 6.10 Å². The van der Waals surface area contributed by atoms with Crippen molar-refractivity contribution in [3.8, 4) is 0 Å². The fourth-order valence-electron chi connectivity index (χ4n) is 2.29. The average molecular weight is 368 g/mol. The first-order chi connectivity index (χ1) is 9.66. The molecular formula is C16H12BrClOS. The molecule has 2 aromatic carbocycles. The fourth-order valence-corrected chi connectivity index (χ4v) is 3.90. The second kappa shape index (κ2) is 5.86. The van der Waals surface area contributed by atoms with Crippen molar-refractivity contribution in [3.05, 3.63) is 68.5 Å². The van der Waals surface area contributed by atoms with E-state index in [9.17, 15) is 5.11 Å². The molecule has 20 heavy (non-hydrogen) atoms. The van der Waals surface area contributed by atoms with Crippen molar-refractivity contribution in [2.75, 3.05) is 0 Å². The molecule has 0 saturated carbocycles. The summed E-state index contributed by atoms with van der Waals surface area (Å²) >= 11 is 11.3. The predicted octanol–water partition coefficient (Wildman–Crippen LogP) is 5.59. The summed E-state index contributed by atoms with van der Waals surface area (Å²) in [5.41, 5.74) is 1.92. The number of aliphatic hydroxyl groups excluding tert-OH is 1. The predicted molar refractivity (Wildman–Crippen MR) is 89.6 cm³/mol. The van der Waals surface area contributed by atoms with Crippen LogP contribution in [0.3, 0.4) is 0 Å². The molecule has 1 heterocycles. The van der Waals surface area contributed by atoms with Crippen LogP contribution in [0.4, 0.5) is 0 Å². The summed E-state index contributed by atoms with van der Waals surface area (Å²) < 4.78 is 2.06. The lowest BCUT2D eigenvalue weighted by molar-refractivity contribution is 0.179. The van der Waals surface area contributed by atoms with Gasteiger partial charge in [0, 0.05) is 21.2 Å². The maximum absolute atomic E-state index is 10.5. The van der Waals surface area contributed by atoms with E-state index in [0.29, 0.717) is 11.4 Å². The number of rotatable bonds is 3. The van der Waals surface area contributed by atoms with Crippen molar-refractivity contribution in [1.82, 2.24) is 0 Å². The Morgan fingerprint density at radius 2 is 1.95 bits per heavy atom. The largest absolute Gasteiger partial charge is 0.388 e. The topological polar surface area (TPSA) is 20.2 Å². The molecule has 1 aromatic heterocycles. The van der Waals surface area contributed by atoms with Crippen molar-refractivity contribution in [3.63, 3.8) is 0 Å². The monoisotopic (exact) mass is 366 g/mol. The van der Waals surface area contributed by atoms with Gasteiger partial charge >= 0.3 is 0 Å². The van der Waals surface area contributed by atoms with Gasteiger partial charge in [-0.3, -0.25) is 0 Å². The first-order valence-electron chi connectivity index (χ1n) is 6.24. The highest BCUT2D eigenvalue weighted by molar-refractivity contribution is 9.10. The van der Waals surface area contributed by atoms with Gasteiger partial charge in [-0.1, -0.05) is 41.9 Å². The second-order valence-electron chi connectivity index (χ2n) is 4.62. The van der Waals surface area contributed by atoms with E-state index in [1.54, 1.807) is 11.3 Å². The number of benzene rings is 2. The Bertz CT molecular complexity index is 753. The molecule has 1 N–H and O–H groups in total. The molecule has 0 radical (unpaired) electrons. The normalized spacial score (nSPS) is 12.8. The molecule has 0 aliphatic heterocycles. The Kier molecular flexibility index (Phi) is 4.13. The molecule has 1 nitrogen and oxygen atoms in total. The van der Waals surface area contributed by atoms with Gasteiger partial charge in [0.2, 0.25) is 0 Å². The van der Waals surface area contributed by atoms with Gasteiger partial charge in [0.25, 0.3) is 0 Å². The zero-order valence-corrected chi connectivity index (χ0v) is 13.7. The molecule has 0 fully saturated rings. The van der Waals surface area contributed by atoms with E-state index in [-0.39, 0.29) is 0 Å². The van der Waals surface area contributed by atoms with Gasteiger partial charge in [-0.25, -0.2) is 0 Å². The fraction of sp³-hybridized carbons (Fsp3) is 0.125. The minimum Gasteiger partial charge on any atom is -0.388 e. The van der Waals surface area contributed by atoms with Crippen LogP contribution in [0.25, 0.3) is 10.1 Å². The molecule has 0 bridgehead atoms. The molecule has 0 spiro atoms. The number of halogens is 2.